The molecule has 0 atom stereocenters. The summed E-state index contributed by atoms with van der Waals surface area (Å²) in [7, 11) is 0. The molecule has 2 N–H and O–H groups in total. The molecule has 30 heavy (non-hydrogen) atoms. The number of hydrogen-bond acceptors (Lipinski definition) is 7. The maximum absolute atomic E-state index is 12.3. The SMILES string of the molecule is O=C(Cc1csc(N2CCNC2=O)n1)NCc1ccc(-c2nc3ccccc3s2)o1. The fourth-order valence-corrected chi connectivity index (χ4v) is 4.91. The fourth-order valence-electron chi connectivity index (χ4n) is 3.13. The van der Waals surface area contributed by atoms with Crippen molar-refractivity contribution >= 4 is 50.0 Å². The Morgan fingerprint density at radius 3 is 2.97 bits per heavy atom. The van der Waals surface area contributed by atoms with Crippen molar-refractivity contribution in [1.29, 1.82) is 0 Å². The van der Waals surface area contributed by atoms with E-state index in [0.717, 1.165) is 15.2 Å². The zero-order valence-corrected chi connectivity index (χ0v) is 17.4. The molecule has 0 unspecified atom stereocenters. The van der Waals surface area contributed by atoms with Crippen LogP contribution in [0.4, 0.5) is 9.93 Å². The summed E-state index contributed by atoms with van der Waals surface area (Å²) in [5.74, 6) is 1.19. The number of amides is 3. The third-order valence-corrected chi connectivity index (χ3v) is 6.56. The number of anilines is 1. The minimum atomic E-state index is -0.157. The number of aromatic nitrogens is 2. The van der Waals surface area contributed by atoms with Crippen LogP contribution in [0.25, 0.3) is 21.0 Å². The molecule has 10 heteroatoms. The number of nitrogens with zero attached hydrogens (tertiary/aromatic N) is 3. The highest BCUT2D eigenvalue weighted by molar-refractivity contribution is 7.21. The van der Waals surface area contributed by atoms with Gasteiger partial charge in [-0.05, 0) is 24.3 Å². The number of carbonyl (C=O) groups is 2. The van der Waals surface area contributed by atoms with Crippen LogP contribution in [-0.4, -0.2) is 35.0 Å². The smallest absolute Gasteiger partial charge is 0.323 e. The maximum Gasteiger partial charge on any atom is 0.323 e. The first-order valence-corrected chi connectivity index (χ1v) is 11.1. The lowest BCUT2D eigenvalue weighted by Crippen LogP contribution is -2.27. The third kappa shape index (κ3) is 3.79. The van der Waals surface area contributed by atoms with Crippen LogP contribution in [-0.2, 0) is 17.8 Å². The number of fused-ring (bicyclic) bond motifs is 1. The first-order valence-electron chi connectivity index (χ1n) is 9.37. The van der Waals surface area contributed by atoms with Crippen molar-refractivity contribution in [3.63, 3.8) is 0 Å². The molecular weight excluding hydrogens is 422 g/mol. The summed E-state index contributed by atoms with van der Waals surface area (Å²) in [5, 5.41) is 8.82. The topological polar surface area (TPSA) is 100 Å². The van der Waals surface area contributed by atoms with E-state index in [4.69, 9.17) is 4.42 Å². The van der Waals surface area contributed by atoms with E-state index >= 15 is 0 Å². The molecule has 1 aliphatic rings. The highest BCUT2D eigenvalue weighted by Crippen LogP contribution is 2.31. The quantitative estimate of drug-likeness (QED) is 0.480. The molecule has 4 heterocycles. The minimum absolute atomic E-state index is 0.150. The Bertz CT molecular complexity index is 1190. The average molecular weight is 440 g/mol. The number of furan rings is 1. The van der Waals surface area contributed by atoms with Crippen molar-refractivity contribution in [2.45, 2.75) is 13.0 Å². The van der Waals surface area contributed by atoms with E-state index in [2.05, 4.69) is 20.6 Å². The molecule has 1 aromatic carbocycles. The van der Waals surface area contributed by atoms with E-state index in [9.17, 15) is 9.59 Å². The van der Waals surface area contributed by atoms with Crippen LogP contribution in [0.5, 0.6) is 0 Å². The summed E-state index contributed by atoms with van der Waals surface area (Å²) in [4.78, 5) is 34.6. The van der Waals surface area contributed by atoms with E-state index in [1.54, 1.807) is 21.6 Å². The number of thiazole rings is 2. The number of nitrogens with one attached hydrogen (secondary N) is 2. The second kappa shape index (κ2) is 7.88. The lowest BCUT2D eigenvalue weighted by atomic mass is 10.3. The molecule has 1 fully saturated rings. The van der Waals surface area contributed by atoms with E-state index < -0.39 is 0 Å². The van der Waals surface area contributed by atoms with Crippen molar-refractivity contribution in [2.75, 3.05) is 18.0 Å². The number of rotatable bonds is 6. The van der Waals surface area contributed by atoms with Gasteiger partial charge < -0.3 is 15.1 Å². The molecular formula is C20H17N5O3S2. The van der Waals surface area contributed by atoms with Gasteiger partial charge >= 0.3 is 6.03 Å². The monoisotopic (exact) mass is 439 g/mol. The Hall–Kier alpha value is -3.24. The molecule has 5 rings (SSSR count). The van der Waals surface area contributed by atoms with Crippen molar-refractivity contribution in [3.8, 4) is 10.8 Å². The van der Waals surface area contributed by atoms with Gasteiger partial charge in [-0.15, -0.1) is 22.7 Å². The number of urea groups is 1. The van der Waals surface area contributed by atoms with Crippen molar-refractivity contribution in [2.24, 2.45) is 0 Å². The highest BCUT2D eigenvalue weighted by Gasteiger charge is 2.24. The van der Waals surface area contributed by atoms with E-state index in [1.165, 1.54) is 11.3 Å². The minimum Gasteiger partial charge on any atom is -0.457 e. The highest BCUT2D eigenvalue weighted by atomic mass is 32.1. The van der Waals surface area contributed by atoms with Gasteiger partial charge in [0.15, 0.2) is 15.9 Å². The molecule has 3 amide bonds. The Morgan fingerprint density at radius 1 is 1.23 bits per heavy atom. The van der Waals surface area contributed by atoms with Gasteiger partial charge in [0.25, 0.3) is 0 Å². The van der Waals surface area contributed by atoms with Gasteiger partial charge in [-0.25, -0.2) is 14.8 Å². The lowest BCUT2D eigenvalue weighted by molar-refractivity contribution is -0.120. The number of hydrogen-bond donors (Lipinski definition) is 2. The Morgan fingerprint density at radius 2 is 2.13 bits per heavy atom. The summed E-state index contributed by atoms with van der Waals surface area (Å²) in [6.45, 7) is 1.49. The first-order chi connectivity index (χ1) is 14.7. The van der Waals surface area contributed by atoms with Crippen LogP contribution < -0.4 is 15.5 Å². The zero-order valence-electron chi connectivity index (χ0n) is 15.8. The number of carbonyl (C=O) groups excluding carboxylic acids is 2. The Balaban J connectivity index is 1.18. The largest absolute Gasteiger partial charge is 0.457 e. The van der Waals surface area contributed by atoms with Crippen molar-refractivity contribution in [3.05, 3.63) is 53.2 Å². The van der Waals surface area contributed by atoms with Crippen LogP contribution in [0, 0.1) is 0 Å². The molecule has 3 aromatic heterocycles. The molecule has 0 bridgehead atoms. The van der Waals surface area contributed by atoms with E-state index in [-0.39, 0.29) is 24.9 Å². The van der Waals surface area contributed by atoms with Crippen molar-refractivity contribution < 1.29 is 14.0 Å². The second-order valence-electron chi connectivity index (χ2n) is 6.71. The van der Waals surface area contributed by atoms with Crippen LogP contribution in [0.15, 0.2) is 46.2 Å². The zero-order chi connectivity index (χ0) is 20.5. The summed E-state index contributed by atoms with van der Waals surface area (Å²) in [5.41, 5.74) is 1.58. The van der Waals surface area contributed by atoms with Gasteiger partial charge in [-0.1, -0.05) is 12.1 Å². The lowest BCUT2D eigenvalue weighted by Gasteiger charge is -2.08. The molecule has 152 valence electrons. The molecule has 0 aliphatic carbocycles. The number of benzene rings is 1. The normalized spacial score (nSPS) is 13.7. The second-order valence-corrected chi connectivity index (χ2v) is 8.58. The van der Waals surface area contributed by atoms with Crippen molar-refractivity contribution in [1.82, 2.24) is 20.6 Å². The van der Waals surface area contributed by atoms with Gasteiger partial charge in [-0.3, -0.25) is 9.69 Å². The Kier molecular flexibility index (Phi) is 4.93. The first kappa shape index (κ1) is 18.8. The maximum atomic E-state index is 12.3. The van der Waals surface area contributed by atoms with Gasteiger partial charge in [0, 0.05) is 18.5 Å². The van der Waals surface area contributed by atoms with Gasteiger partial charge in [0.2, 0.25) is 5.91 Å². The fraction of sp³-hybridized carbons (Fsp3) is 0.200. The average Bonchev–Trinajstić information content (AvgIpc) is 3.52. The predicted molar refractivity (Wildman–Crippen MR) is 116 cm³/mol. The molecule has 1 saturated heterocycles. The molecule has 0 saturated carbocycles. The summed E-state index contributed by atoms with van der Waals surface area (Å²) < 4.78 is 6.96. The van der Waals surface area contributed by atoms with Crippen LogP contribution in [0.1, 0.15) is 11.5 Å². The molecule has 0 spiro atoms. The Labute approximate surface area is 179 Å². The summed E-state index contributed by atoms with van der Waals surface area (Å²) in [6.07, 6.45) is 0.150. The number of para-hydroxylation sites is 1. The summed E-state index contributed by atoms with van der Waals surface area (Å²) >= 11 is 2.93. The van der Waals surface area contributed by atoms with E-state index in [1.807, 2.05) is 36.4 Å². The van der Waals surface area contributed by atoms with Crippen LogP contribution in [0.3, 0.4) is 0 Å². The van der Waals surface area contributed by atoms with Crippen LogP contribution >= 0.6 is 22.7 Å². The standard InChI is InChI=1S/C20H17N5O3S2/c26-17(9-12-11-29-20(23-12)25-8-7-21-19(25)27)22-10-13-5-6-15(28-13)18-24-14-3-1-2-4-16(14)30-18/h1-6,11H,7-10H2,(H,21,27)(H,22,26). The predicted octanol–water partition coefficient (Wildman–Crippen LogP) is 3.40. The van der Waals surface area contributed by atoms with Gasteiger partial charge in [0.1, 0.15) is 5.76 Å². The van der Waals surface area contributed by atoms with Gasteiger partial charge in [-0.2, -0.15) is 0 Å². The van der Waals surface area contributed by atoms with Gasteiger partial charge in [0.05, 0.1) is 28.9 Å². The molecule has 0 radical (unpaired) electrons. The molecule has 1 aliphatic heterocycles. The van der Waals surface area contributed by atoms with Crippen LogP contribution in [0.2, 0.25) is 0 Å². The summed E-state index contributed by atoms with van der Waals surface area (Å²) in [6, 6.07) is 11.5. The molecule has 4 aromatic rings. The third-order valence-electron chi connectivity index (χ3n) is 4.60. The van der Waals surface area contributed by atoms with E-state index in [0.29, 0.717) is 35.4 Å². The molecule has 8 nitrogen and oxygen atoms in total.